The molecule has 2 rings (SSSR count). The highest BCUT2D eigenvalue weighted by Gasteiger charge is 2.27. The Morgan fingerprint density at radius 2 is 2.13 bits per heavy atom. The van der Waals surface area contributed by atoms with Gasteiger partial charge in [0.15, 0.2) is 5.96 Å². The second-order valence-corrected chi connectivity index (χ2v) is 5.01. The Bertz CT molecular complexity index is 589. The number of rotatable bonds is 6. The van der Waals surface area contributed by atoms with Crippen LogP contribution in [-0.2, 0) is 11.2 Å². The number of urea groups is 1. The first-order valence-corrected chi connectivity index (χ1v) is 7.37. The van der Waals surface area contributed by atoms with Gasteiger partial charge in [-0.2, -0.15) is 0 Å². The number of benzene rings is 1. The molecule has 0 saturated carbocycles. The zero-order valence-corrected chi connectivity index (χ0v) is 12.9. The van der Waals surface area contributed by atoms with Crippen molar-refractivity contribution in [1.82, 2.24) is 20.9 Å². The molecule has 0 aromatic heterocycles. The fraction of sp³-hybridized carbons (Fsp3) is 0.400. The van der Waals surface area contributed by atoms with Gasteiger partial charge in [-0.15, -0.1) is 0 Å². The van der Waals surface area contributed by atoms with E-state index in [2.05, 4.69) is 20.9 Å². The molecule has 0 aliphatic carbocycles. The summed E-state index contributed by atoms with van der Waals surface area (Å²) < 4.78 is 13.1. The normalized spacial score (nSPS) is 14.9. The number of halogens is 1. The molecule has 124 valence electrons. The van der Waals surface area contributed by atoms with Crippen LogP contribution in [0.25, 0.3) is 0 Å². The Labute approximate surface area is 134 Å². The summed E-state index contributed by atoms with van der Waals surface area (Å²) in [5, 5.41) is 8.59. The van der Waals surface area contributed by atoms with Gasteiger partial charge < -0.3 is 16.0 Å². The van der Waals surface area contributed by atoms with Gasteiger partial charge in [0, 0.05) is 26.7 Å². The quantitative estimate of drug-likeness (QED) is 0.394. The van der Waals surface area contributed by atoms with Crippen LogP contribution in [0.2, 0.25) is 0 Å². The summed E-state index contributed by atoms with van der Waals surface area (Å²) in [4.78, 5) is 28.0. The minimum Gasteiger partial charge on any atom is -0.356 e. The summed E-state index contributed by atoms with van der Waals surface area (Å²) in [5.74, 6) is 0.0814. The third kappa shape index (κ3) is 4.94. The smallest absolute Gasteiger partial charge is 0.324 e. The number of carbonyl (C=O) groups excluding carboxylic acids is 2. The first kappa shape index (κ1) is 16.7. The number of hydrogen-bond acceptors (Lipinski definition) is 3. The van der Waals surface area contributed by atoms with Crippen molar-refractivity contribution < 1.29 is 14.0 Å². The molecule has 1 heterocycles. The molecule has 1 aliphatic heterocycles. The van der Waals surface area contributed by atoms with Gasteiger partial charge in [0.1, 0.15) is 5.82 Å². The number of nitrogens with zero attached hydrogens (tertiary/aromatic N) is 2. The molecular formula is C15H20FN5O2. The number of carbonyl (C=O) groups is 2. The predicted octanol–water partition coefficient (Wildman–Crippen LogP) is 0.0850. The Hall–Kier alpha value is -2.64. The molecule has 1 saturated heterocycles. The maximum Gasteiger partial charge on any atom is 0.324 e. The number of hydrogen-bond donors (Lipinski definition) is 3. The standard InChI is InChI=1S/C15H20FN5O2/c1-17-14(18-6-5-11-3-2-4-12(16)9-11)19-7-8-21-13(22)10-20-15(21)23/h2-4,9H,5-8,10H2,1H3,(H,20,23)(H2,17,18,19). The number of aliphatic imine (C=N–C) groups is 1. The molecule has 1 aromatic carbocycles. The molecular weight excluding hydrogens is 301 g/mol. The Morgan fingerprint density at radius 3 is 2.78 bits per heavy atom. The van der Waals surface area contributed by atoms with Crippen LogP contribution in [0.5, 0.6) is 0 Å². The van der Waals surface area contributed by atoms with Gasteiger partial charge in [0.2, 0.25) is 5.91 Å². The fourth-order valence-electron chi connectivity index (χ4n) is 2.21. The van der Waals surface area contributed by atoms with Crippen molar-refractivity contribution in [3.8, 4) is 0 Å². The SMILES string of the molecule is CN=C(NCCc1cccc(F)c1)NCCN1C(=O)CNC1=O. The van der Waals surface area contributed by atoms with Crippen LogP contribution < -0.4 is 16.0 Å². The van der Waals surface area contributed by atoms with Gasteiger partial charge >= 0.3 is 6.03 Å². The van der Waals surface area contributed by atoms with E-state index in [0.29, 0.717) is 25.5 Å². The third-order valence-electron chi connectivity index (χ3n) is 3.38. The van der Waals surface area contributed by atoms with Crippen molar-refractivity contribution in [3.05, 3.63) is 35.6 Å². The monoisotopic (exact) mass is 321 g/mol. The van der Waals surface area contributed by atoms with Gasteiger partial charge in [0.25, 0.3) is 0 Å². The van der Waals surface area contributed by atoms with Crippen molar-refractivity contribution in [2.45, 2.75) is 6.42 Å². The average molecular weight is 321 g/mol. The fourth-order valence-corrected chi connectivity index (χ4v) is 2.21. The Kier molecular flexibility index (Phi) is 5.90. The van der Waals surface area contributed by atoms with Crippen LogP contribution in [0.3, 0.4) is 0 Å². The highest BCUT2D eigenvalue weighted by Crippen LogP contribution is 2.03. The molecule has 1 aliphatic rings. The Balaban J connectivity index is 1.69. The minimum atomic E-state index is -0.370. The van der Waals surface area contributed by atoms with Gasteiger partial charge in [-0.3, -0.25) is 14.7 Å². The minimum absolute atomic E-state index is 0.0550. The first-order chi connectivity index (χ1) is 11.1. The van der Waals surface area contributed by atoms with E-state index in [0.717, 1.165) is 10.5 Å². The van der Waals surface area contributed by atoms with E-state index in [1.807, 2.05) is 6.07 Å². The molecule has 23 heavy (non-hydrogen) atoms. The number of guanidine groups is 1. The van der Waals surface area contributed by atoms with Crippen LogP contribution in [0.1, 0.15) is 5.56 Å². The molecule has 1 aromatic rings. The van der Waals surface area contributed by atoms with Crippen LogP contribution in [0.4, 0.5) is 9.18 Å². The third-order valence-corrected chi connectivity index (χ3v) is 3.38. The lowest BCUT2D eigenvalue weighted by Gasteiger charge is -2.15. The highest BCUT2D eigenvalue weighted by atomic mass is 19.1. The zero-order valence-electron chi connectivity index (χ0n) is 12.9. The summed E-state index contributed by atoms with van der Waals surface area (Å²) >= 11 is 0. The van der Waals surface area contributed by atoms with Crippen LogP contribution in [0, 0.1) is 5.82 Å². The van der Waals surface area contributed by atoms with E-state index in [1.54, 1.807) is 13.1 Å². The summed E-state index contributed by atoms with van der Waals surface area (Å²) in [7, 11) is 1.63. The summed E-state index contributed by atoms with van der Waals surface area (Å²) in [6.07, 6.45) is 0.658. The number of nitrogens with one attached hydrogen (secondary N) is 3. The number of imide groups is 1. The van der Waals surface area contributed by atoms with Gasteiger partial charge in [0.05, 0.1) is 6.54 Å². The molecule has 0 spiro atoms. The molecule has 0 radical (unpaired) electrons. The molecule has 8 heteroatoms. The molecule has 0 unspecified atom stereocenters. The van der Waals surface area contributed by atoms with Crippen molar-refractivity contribution in [3.63, 3.8) is 0 Å². The second-order valence-electron chi connectivity index (χ2n) is 5.01. The van der Waals surface area contributed by atoms with E-state index >= 15 is 0 Å². The summed E-state index contributed by atoms with van der Waals surface area (Å²) in [6, 6.07) is 6.07. The lowest BCUT2D eigenvalue weighted by molar-refractivity contribution is -0.124. The first-order valence-electron chi connectivity index (χ1n) is 7.37. The van der Waals surface area contributed by atoms with E-state index < -0.39 is 0 Å². The van der Waals surface area contributed by atoms with E-state index in [4.69, 9.17) is 0 Å². The summed E-state index contributed by atoms with van der Waals surface area (Å²) in [5.41, 5.74) is 0.896. The van der Waals surface area contributed by atoms with E-state index in [9.17, 15) is 14.0 Å². The molecule has 7 nitrogen and oxygen atoms in total. The van der Waals surface area contributed by atoms with Crippen molar-refractivity contribution in [2.24, 2.45) is 4.99 Å². The van der Waals surface area contributed by atoms with E-state index in [1.165, 1.54) is 12.1 Å². The Morgan fingerprint density at radius 1 is 1.35 bits per heavy atom. The highest BCUT2D eigenvalue weighted by molar-refractivity contribution is 6.01. The van der Waals surface area contributed by atoms with Crippen molar-refractivity contribution in [1.29, 1.82) is 0 Å². The van der Waals surface area contributed by atoms with Gasteiger partial charge in [-0.1, -0.05) is 12.1 Å². The van der Waals surface area contributed by atoms with Crippen molar-refractivity contribution >= 4 is 17.9 Å². The lowest BCUT2D eigenvalue weighted by Crippen LogP contribution is -2.43. The predicted molar refractivity (Wildman–Crippen MR) is 84.6 cm³/mol. The van der Waals surface area contributed by atoms with Crippen LogP contribution in [0.15, 0.2) is 29.3 Å². The topological polar surface area (TPSA) is 85.8 Å². The molecule has 0 bridgehead atoms. The van der Waals surface area contributed by atoms with Gasteiger partial charge in [-0.25, -0.2) is 9.18 Å². The average Bonchev–Trinajstić information content (AvgIpc) is 2.85. The van der Waals surface area contributed by atoms with Crippen molar-refractivity contribution in [2.75, 3.05) is 33.2 Å². The maximum atomic E-state index is 13.1. The molecule has 3 amide bonds. The molecule has 3 N–H and O–H groups in total. The van der Waals surface area contributed by atoms with Crippen LogP contribution >= 0.6 is 0 Å². The van der Waals surface area contributed by atoms with Crippen LogP contribution in [-0.4, -0.2) is 56.0 Å². The maximum absolute atomic E-state index is 13.1. The molecule has 0 atom stereocenters. The lowest BCUT2D eigenvalue weighted by atomic mass is 10.1. The van der Waals surface area contributed by atoms with Gasteiger partial charge in [-0.05, 0) is 24.1 Å². The van der Waals surface area contributed by atoms with E-state index in [-0.39, 0.29) is 30.8 Å². The largest absolute Gasteiger partial charge is 0.356 e. The summed E-state index contributed by atoms with van der Waals surface area (Å²) in [6.45, 7) is 1.32. The second kappa shape index (κ2) is 8.11. The number of amides is 3. The molecule has 1 fully saturated rings. The zero-order chi connectivity index (χ0) is 16.7.